The van der Waals surface area contributed by atoms with Gasteiger partial charge in [0.2, 0.25) is 0 Å². The van der Waals surface area contributed by atoms with E-state index in [4.69, 9.17) is 5.11 Å². The Morgan fingerprint density at radius 1 is 0.923 bits per heavy atom. The predicted molar refractivity (Wildman–Crippen MR) is 101 cm³/mol. The van der Waals surface area contributed by atoms with Crippen LogP contribution < -0.4 is 5.32 Å². The predicted octanol–water partition coefficient (Wildman–Crippen LogP) is 4.00. The fraction of sp³-hybridized carbons (Fsp3) is 0. The molecule has 0 aliphatic carbocycles. The first-order valence-corrected chi connectivity index (χ1v) is 8.01. The third kappa shape index (κ3) is 3.08. The Balaban J connectivity index is 1.58. The Morgan fingerprint density at radius 3 is 2.54 bits per heavy atom. The van der Waals surface area contributed by atoms with Crippen LogP contribution in [-0.4, -0.2) is 27.0 Å². The Kier molecular flexibility index (Phi) is 3.78. The summed E-state index contributed by atoms with van der Waals surface area (Å²) in [7, 11) is 0. The zero-order chi connectivity index (χ0) is 18.1. The number of carbonyl (C=O) groups is 2. The van der Waals surface area contributed by atoms with Gasteiger partial charge in [0.05, 0.1) is 0 Å². The first-order chi connectivity index (χ1) is 12.6. The lowest BCUT2D eigenvalue weighted by molar-refractivity contribution is -0.131. The van der Waals surface area contributed by atoms with Crippen LogP contribution in [0.3, 0.4) is 0 Å². The highest BCUT2D eigenvalue weighted by molar-refractivity contribution is 6.06. The molecule has 4 aromatic rings. The number of hydrogen-bond acceptors (Lipinski definition) is 2. The van der Waals surface area contributed by atoms with Crippen LogP contribution in [-0.2, 0) is 4.79 Å². The highest BCUT2D eigenvalue weighted by atomic mass is 16.4. The number of carboxylic acids is 1. The van der Waals surface area contributed by atoms with E-state index in [0.717, 1.165) is 27.9 Å². The van der Waals surface area contributed by atoms with Gasteiger partial charge in [-0.15, -0.1) is 0 Å². The van der Waals surface area contributed by atoms with E-state index in [1.807, 2.05) is 48.5 Å². The summed E-state index contributed by atoms with van der Waals surface area (Å²) in [5, 5.41) is 13.4. The number of anilines is 1. The molecule has 2 aromatic carbocycles. The van der Waals surface area contributed by atoms with Crippen LogP contribution in [0.2, 0.25) is 0 Å². The lowest BCUT2D eigenvalue weighted by atomic mass is 10.2. The second-order valence-corrected chi connectivity index (χ2v) is 5.92. The molecule has 0 radical (unpaired) electrons. The number of nitrogens with one attached hydrogen (secondary N) is 3. The minimum Gasteiger partial charge on any atom is -0.478 e. The van der Waals surface area contributed by atoms with Gasteiger partial charge in [-0.05, 0) is 42.5 Å². The van der Waals surface area contributed by atoms with E-state index in [1.165, 1.54) is 6.08 Å². The van der Waals surface area contributed by atoms with Crippen LogP contribution in [0.15, 0.2) is 60.7 Å². The fourth-order valence-electron chi connectivity index (χ4n) is 2.88. The van der Waals surface area contributed by atoms with Crippen molar-refractivity contribution in [1.82, 2.24) is 9.97 Å². The van der Waals surface area contributed by atoms with Crippen LogP contribution in [0.4, 0.5) is 5.69 Å². The van der Waals surface area contributed by atoms with Gasteiger partial charge in [0.25, 0.3) is 5.91 Å². The summed E-state index contributed by atoms with van der Waals surface area (Å²) in [6.45, 7) is 0. The first kappa shape index (κ1) is 15.7. The third-order valence-corrected chi connectivity index (χ3v) is 4.08. The minimum atomic E-state index is -1.00. The Bertz CT molecular complexity index is 1130. The topological polar surface area (TPSA) is 98.0 Å². The number of amides is 1. The van der Waals surface area contributed by atoms with Crippen molar-refractivity contribution in [2.45, 2.75) is 0 Å². The van der Waals surface area contributed by atoms with E-state index in [-0.39, 0.29) is 5.91 Å². The van der Waals surface area contributed by atoms with Crippen molar-refractivity contribution >= 4 is 45.4 Å². The van der Waals surface area contributed by atoms with Crippen LogP contribution in [0.5, 0.6) is 0 Å². The van der Waals surface area contributed by atoms with Gasteiger partial charge in [-0.3, -0.25) is 4.79 Å². The van der Waals surface area contributed by atoms with E-state index >= 15 is 0 Å². The molecule has 6 heteroatoms. The molecule has 128 valence electrons. The highest BCUT2D eigenvalue weighted by Crippen LogP contribution is 2.22. The van der Waals surface area contributed by atoms with Crippen molar-refractivity contribution < 1.29 is 14.7 Å². The number of carboxylic acid groups (broad SMARTS) is 1. The Labute approximate surface area is 148 Å². The molecule has 2 aromatic heterocycles. The van der Waals surface area contributed by atoms with E-state index in [9.17, 15) is 9.59 Å². The molecule has 0 atom stereocenters. The molecule has 1 amide bonds. The average Bonchev–Trinajstić information content (AvgIpc) is 3.23. The zero-order valence-electron chi connectivity index (χ0n) is 13.6. The summed E-state index contributed by atoms with van der Waals surface area (Å²) >= 11 is 0. The molecule has 4 N–H and O–H groups in total. The fourth-order valence-corrected chi connectivity index (χ4v) is 2.88. The highest BCUT2D eigenvalue weighted by Gasteiger charge is 2.10. The SMILES string of the molecule is O=C(O)/C=C/c1cc2cc(NC(=O)c3cc4ccccc4[nH]3)ccc2[nH]1. The van der Waals surface area contributed by atoms with Crippen LogP contribution in [0.25, 0.3) is 27.9 Å². The summed E-state index contributed by atoms with van der Waals surface area (Å²) in [5.41, 5.74) is 3.60. The maximum Gasteiger partial charge on any atom is 0.328 e. The van der Waals surface area contributed by atoms with Crippen LogP contribution >= 0.6 is 0 Å². The number of aromatic nitrogens is 2. The standard InChI is InChI=1S/C20H15N3O3/c24-19(25)8-6-14-9-13-10-15(5-7-17(13)21-14)22-20(26)18-11-12-3-1-2-4-16(12)23-18/h1-11,21,23H,(H,22,26)(H,24,25)/b8-6+. The van der Waals surface area contributed by atoms with Crippen LogP contribution in [0, 0.1) is 0 Å². The molecule has 0 aliphatic rings. The quantitative estimate of drug-likeness (QED) is 0.421. The van der Waals surface area contributed by atoms with Crippen molar-refractivity contribution in [3.63, 3.8) is 0 Å². The number of aliphatic carboxylic acids is 1. The maximum atomic E-state index is 12.5. The molecular formula is C20H15N3O3. The number of para-hydroxylation sites is 1. The van der Waals surface area contributed by atoms with Gasteiger partial charge in [0.1, 0.15) is 5.69 Å². The van der Waals surface area contributed by atoms with Gasteiger partial charge >= 0.3 is 5.97 Å². The molecule has 0 bridgehead atoms. The number of rotatable bonds is 4. The van der Waals surface area contributed by atoms with Gasteiger partial charge < -0.3 is 20.4 Å². The summed E-state index contributed by atoms with van der Waals surface area (Å²) in [5.74, 6) is -1.22. The van der Waals surface area contributed by atoms with Gasteiger partial charge in [-0.25, -0.2) is 4.79 Å². The zero-order valence-corrected chi connectivity index (χ0v) is 13.6. The van der Waals surface area contributed by atoms with E-state index in [1.54, 1.807) is 6.07 Å². The van der Waals surface area contributed by atoms with Crippen molar-refractivity contribution in [3.8, 4) is 0 Å². The molecule has 6 nitrogen and oxygen atoms in total. The van der Waals surface area contributed by atoms with Crippen molar-refractivity contribution in [1.29, 1.82) is 0 Å². The summed E-state index contributed by atoms with van der Waals surface area (Å²) in [4.78, 5) is 29.3. The molecule has 4 rings (SSSR count). The van der Waals surface area contributed by atoms with Crippen molar-refractivity contribution in [3.05, 3.63) is 72.1 Å². The lowest BCUT2D eigenvalue weighted by Crippen LogP contribution is -2.11. The second kappa shape index (κ2) is 6.25. The first-order valence-electron chi connectivity index (χ1n) is 8.01. The third-order valence-electron chi connectivity index (χ3n) is 4.08. The van der Waals surface area contributed by atoms with Crippen molar-refractivity contribution in [2.75, 3.05) is 5.32 Å². The summed E-state index contributed by atoms with van der Waals surface area (Å²) < 4.78 is 0. The molecule has 0 fully saturated rings. The number of carbonyl (C=O) groups excluding carboxylic acids is 1. The smallest absolute Gasteiger partial charge is 0.328 e. The molecule has 0 saturated heterocycles. The van der Waals surface area contributed by atoms with Gasteiger partial charge in [0, 0.05) is 39.3 Å². The normalized spacial score (nSPS) is 11.4. The number of hydrogen-bond donors (Lipinski definition) is 4. The molecule has 2 heterocycles. The van der Waals surface area contributed by atoms with E-state index in [0.29, 0.717) is 17.1 Å². The monoisotopic (exact) mass is 345 g/mol. The molecule has 0 saturated carbocycles. The Hall–Kier alpha value is -3.80. The van der Waals surface area contributed by atoms with Gasteiger partial charge in [-0.1, -0.05) is 18.2 Å². The van der Waals surface area contributed by atoms with Crippen LogP contribution in [0.1, 0.15) is 16.2 Å². The number of H-pyrrole nitrogens is 2. The molecule has 0 spiro atoms. The molecule has 0 unspecified atom stereocenters. The van der Waals surface area contributed by atoms with E-state index in [2.05, 4.69) is 15.3 Å². The van der Waals surface area contributed by atoms with Crippen molar-refractivity contribution in [2.24, 2.45) is 0 Å². The average molecular weight is 345 g/mol. The number of aromatic amines is 2. The second-order valence-electron chi connectivity index (χ2n) is 5.92. The summed E-state index contributed by atoms with van der Waals surface area (Å²) in [6.07, 6.45) is 2.56. The minimum absolute atomic E-state index is 0.220. The molecule has 0 aliphatic heterocycles. The van der Waals surface area contributed by atoms with Gasteiger partial charge in [-0.2, -0.15) is 0 Å². The Morgan fingerprint density at radius 2 is 1.73 bits per heavy atom. The van der Waals surface area contributed by atoms with Gasteiger partial charge in [0.15, 0.2) is 0 Å². The molecule has 26 heavy (non-hydrogen) atoms. The summed E-state index contributed by atoms with van der Waals surface area (Å²) in [6, 6.07) is 16.8. The maximum absolute atomic E-state index is 12.5. The number of benzene rings is 2. The van der Waals surface area contributed by atoms with E-state index < -0.39 is 5.97 Å². The lowest BCUT2D eigenvalue weighted by Gasteiger charge is -2.03. The number of fused-ring (bicyclic) bond motifs is 2. The largest absolute Gasteiger partial charge is 0.478 e. The molecular weight excluding hydrogens is 330 g/mol.